The van der Waals surface area contributed by atoms with Crippen molar-refractivity contribution < 1.29 is 0 Å². The van der Waals surface area contributed by atoms with E-state index in [1.165, 1.54) is 24.2 Å². The van der Waals surface area contributed by atoms with Gasteiger partial charge in [0.1, 0.15) is 5.82 Å². The third-order valence-corrected chi connectivity index (χ3v) is 3.86. The molecule has 0 bridgehead atoms. The molecule has 20 heavy (non-hydrogen) atoms. The van der Waals surface area contributed by atoms with Crippen LogP contribution in [0.5, 0.6) is 0 Å². The zero-order chi connectivity index (χ0) is 14.9. The molecule has 0 spiro atoms. The van der Waals surface area contributed by atoms with Crippen molar-refractivity contribution in [3.63, 3.8) is 0 Å². The number of anilines is 1. The van der Waals surface area contributed by atoms with Crippen molar-refractivity contribution in [2.45, 2.75) is 59.4 Å². The first-order valence-electron chi connectivity index (χ1n) is 7.67. The predicted octanol–water partition coefficient (Wildman–Crippen LogP) is 4.74. The van der Waals surface area contributed by atoms with Gasteiger partial charge in [-0.3, -0.25) is 0 Å². The molecule has 0 saturated carbocycles. The van der Waals surface area contributed by atoms with Crippen LogP contribution < -0.4 is 5.73 Å². The quantitative estimate of drug-likeness (QED) is 0.800. The van der Waals surface area contributed by atoms with Crippen LogP contribution >= 0.6 is 0 Å². The van der Waals surface area contributed by atoms with Crippen LogP contribution in [0.25, 0.3) is 11.0 Å². The van der Waals surface area contributed by atoms with Gasteiger partial charge in [0.15, 0.2) is 0 Å². The van der Waals surface area contributed by atoms with Crippen LogP contribution in [0, 0.1) is 5.92 Å². The van der Waals surface area contributed by atoms with Gasteiger partial charge in [-0.1, -0.05) is 27.7 Å². The first-order chi connectivity index (χ1) is 9.40. The van der Waals surface area contributed by atoms with Crippen LogP contribution in [0.1, 0.15) is 65.2 Å². The third kappa shape index (κ3) is 2.97. The number of imidazole rings is 1. The summed E-state index contributed by atoms with van der Waals surface area (Å²) in [5.74, 6) is 2.33. The number of nitrogens with two attached hydrogens (primary N) is 1. The number of nitrogen functional groups attached to an aromatic ring is 1. The summed E-state index contributed by atoms with van der Waals surface area (Å²) in [5.41, 5.74) is 8.90. The van der Waals surface area contributed by atoms with Gasteiger partial charge in [-0.15, -0.1) is 0 Å². The molecule has 3 heteroatoms. The smallest absolute Gasteiger partial charge is 0.112 e. The van der Waals surface area contributed by atoms with Crippen molar-refractivity contribution >= 4 is 16.7 Å². The van der Waals surface area contributed by atoms with Crippen molar-refractivity contribution in [2.75, 3.05) is 5.73 Å². The Morgan fingerprint density at radius 2 is 1.80 bits per heavy atom. The molecule has 2 aromatic rings. The summed E-state index contributed by atoms with van der Waals surface area (Å²) in [6, 6.07) is 6.53. The summed E-state index contributed by atoms with van der Waals surface area (Å²) >= 11 is 0. The lowest BCUT2D eigenvalue weighted by molar-refractivity contribution is 0.432. The maximum absolute atomic E-state index is 5.88. The van der Waals surface area contributed by atoms with E-state index in [9.17, 15) is 0 Å². The monoisotopic (exact) mass is 273 g/mol. The molecule has 0 aliphatic heterocycles. The molecule has 1 aromatic heterocycles. The molecule has 1 aromatic carbocycles. The lowest BCUT2D eigenvalue weighted by Crippen LogP contribution is -2.11. The highest BCUT2D eigenvalue weighted by molar-refractivity contribution is 5.80. The Bertz CT molecular complexity index is 581. The molecular weight excluding hydrogens is 246 g/mol. The van der Waals surface area contributed by atoms with Crippen molar-refractivity contribution in [3.05, 3.63) is 24.0 Å². The first kappa shape index (κ1) is 14.9. The summed E-state index contributed by atoms with van der Waals surface area (Å²) in [6.07, 6.45) is 2.43. The van der Waals surface area contributed by atoms with Crippen molar-refractivity contribution in [1.82, 2.24) is 9.55 Å². The highest BCUT2D eigenvalue weighted by Crippen LogP contribution is 2.29. The summed E-state index contributed by atoms with van der Waals surface area (Å²) in [5, 5.41) is 0. The second-order valence-electron chi connectivity index (χ2n) is 6.56. The predicted molar refractivity (Wildman–Crippen MR) is 87.0 cm³/mol. The van der Waals surface area contributed by atoms with Crippen LogP contribution in [0.2, 0.25) is 0 Å². The molecule has 110 valence electrons. The van der Waals surface area contributed by atoms with Crippen LogP contribution in [0.3, 0.4) is 0 Å². The van der Waals surface area contributed by atoms with E-state index in [4.69, 9.17) is 10.7 Å². The Kier molecular flexibility index (Phi) is 4.36. The molecule has 1 unspecified atom stereocenters. The van der Waals surface area contributed by atoms with Crippen molar-refractivity contribution in [2.24, 2.45) is 5.92 Å². The zero-order valence-electron chi connectivity index (χ0n) is 13.4. The Balaban J connectivity index is 2.45. The minimum absolute atomic E-state index is 0.421. The topological polar surface area (TPSA) is 43.8 Å². The molecule has 0 aliphatic rings. The van der Waals surface area contributed by atoms with Crippen LogP contribution in [0.4, 0.5) is 5.69 Å². The molecule has 0 amide bonds. The Hall–Kier alpha value is -1.51. The molecule has 2 rings (SSSR count). The lowest BCUT2D eigenvalue weighted by Gasteiger charge is -2.20. The Morgan fingerprint density at radius 3 is 2.40 bits per heavy atom. The van der Waals surface area contributed by atoms with Gasteiger partial charge < -0.3 is 10.3 Å². The van der Waals surface area contributed by atoms with Gasteiger partial charge in [0, 0.05) is 17.6 Å². The van der Waals surface area contributed by atoms with Gasteiger partial charge in [-0.2, -0.15) is 0 Å². The minimum atomic E-state index is 0.421. The molecule has 2 N–H and O–H groups in total. The maximum atomic E-state index is 5.88. The summed E-state index contributed by atoms with van der Waals surface area (Å²) in [6.45, 7) is 11.3. The standard InChI is InChI=1S/C17H27N3/c1-11(2)6-7-13(5)20-16-9-8-14(18)10-15(16)19-17(20)12(3)4/h8-13H,6-7,18H2,1-5H3. The summed E-state index contributed by atoms with van der Waals surface area (Å²) in [4.78, 5) is 4.80. The van der Waals surface area contributed by atoms with Gasteiger partial charge in [0.2, 0.25) is 0 Å². The zero-order valence-corrected chi connectivity index (χ0v) is 13.4. The molecule has 1 atom stereocenters. The Labute approximate surface area is 122 Å². The average molecular weight is 273 g/mol. The SMILES string of the molecule is CC(C)CCC(C)n1c(C(C)C)nc2cc(N)ccc21. The largest absolute Gasteiger partial charge is 0.399 e. The number of benzene rings is 1. The fourth-order valence-electron chi connectivity index (χ4n) is 2.71. The second kappa shape index (κ2) is 5.86. The van der Waals surface area contributed by atoms with Gasteiger partial charge >= 0.3 is 0 Å². The summed E-state index contributed by atoms with van der Waals surface area (Å²) < 4.78 is 2.40. The van der Waals surface area contributed by atoms with E-state index in [0.717, 1.165) is 17.1 Å². The third-order valence-electron chi connectivity index (χ3n) is 3.86. The number of aromatic nitrogens is 2. The van der Waals surface area contributed by atoms with Crippen molar-refractivity contribution in [1.29, 1.82) is 0 Å². The molecular formula is C17H27N3. The number of fused-ring (bicyclic) bond motifs is 1. The minimum Gasteiger partial charge on any atom is -0.399 e. The fraction of sp³-hybridized carbons (Fsp3) is 0.588. The maximum Gasteiger partial charge on any atom is 0.112 e. The molecule has 0 saturated heterocycles. The van der Waals surface area contributed by atoms with Crippen LogP contribution in [-0.2, 0) is 0 Å². The van der Waals surface area contributed by atoms with Crippen LogP contribution in [-0.4, -0.2) is 9.55 Å². The lowest BCUT2D eigenvalue weighted by atomic mass is 10.0. The van der Waals surface area contributed by atoms with E-state index in [1.54, 1.807) is 0 Å². The normalized spacial score (nSPS) is 13.6. The molecule has 3 nitrogen and oxygen atoms in total. The second-order valence-corrected chi connectivity index (χ2v) is 6.56. The van der Waals surface area contributed by atoms with E-state index < -0.39 is 0 Å². The first-order valence-corrected chi connectivity index (χ1v) is 7.67. The van der Waals surface area contributed by atoms with Gasteiger partial charge in [0.25, 0.3) is 0 Å². The molecule has 0 fully saturated rings. The van der Waals surface area contributed by atoms with Gasteiger partial charge in [-0.05, 0) is 43.9 Å². The number of hydrogen-bond acceptors (Lipinski definition) is 2. The Morgan fingerprint density at radius 1 is 1.10 bits per heavy atom. The van der Waals surface area contributed by atoms with Crippen LogP contribution in [0.15, 0.2) is 18.2 Å². The van der Waals surface area contributed by atoms with E-state index >= 15 is 0 Å². The van der Waals surface area contributed by atoms with E-state index in [-0.39, 0.29) is 0 Å². The summed E-state index contributed by atoms with van der Waals surface area (Å²) in [7, 11) is 0. The van der Waals surface area contributed by atoms with E-state index in [1.807, 2.05) is 12.1 Å². The highest BCUT2D eigenvalue weighted by Gasteiger charge is 2.18. The van der Waals surface area contributed by atoms with E-state index in [0.29, 0.717) is 12.0 Å². The number of nitrogens with zero attached hydrogens (tertiary/aromatic N) is 2. The molecule has 0 radical (unpaired) electrons. The number of rotatable bonds is 5. The van der Waals surface area contributed by atoms with Gasteiger partial charge in [0.05, 0.1) is 11.0 Å². The van der Waals surface area contributed by atoms with Crippen molar-refractivity contribution in [3.8, 4) is 0 Å². The fourth-order valence-corrected chi connectivity index (χ4v) is 2.71. The average Bonchev–Trinajstić information content (AvgIpc) is 2.74. The molecule has 1 heterocycles. The molecule has 0 aliphatic carbocycles. The van der Waals surface area contributed by atoms with E-state index in [2.05, 4.69) is 45.3 Å². The van der Waals surface area contributed by atoms with Gasteiger partial charge in [-0.25, -0.2) is 4.98 Å². The highest BCUT2D eigenvalue weighted by atomic mass is 15.1. The number of hydrogen-bond donors (Lipinski definition) is 1.